The fourth-order valence-electron chi connectivity index (χ4n) is 4.67. The molecule has 0 spiro atoms. The van der Waals surface area contributed by atoms with Gasteiger partial charge in [0, 0.05) is 64.9 Å². The van der Waals surface area contributed by atoms with Crippen LogP contribution in [0.15, 0.2) is 53.5 Å². The normalized spacial score (nSPS) is 15.1. The molecule has 0 amide bonds. The lowest BCUT2D eigenvalue weighted by molar-refractivity contribution is 0.321. The van der Waals surface area contributed by atoms with E-state index >= 15 is 0 Å². The van der Waals surface area contributed by atoms with E-state index in [2.05, 4.69) is 25.1 Å². The predicted octanol–water partition coefficient (Wildman–Crippen LogP) is 4.83. The number of aryl methyl sites for hydroxylation is 2. The number of pyridine rings is 2. The van der Waals surface area contributed by atoms with Crippen molar-refractivity contribution in [1.82, 2.24) is 24.8 Å². The third kappa shape index (κ3) is 4.43. The minimum absolute atomic E-state index is 0.208. The Hall–Kier alpha value is -3.60. The van der Waals surface area contributed by atoms with E-state index < -0.39 is 5.54 Å². The van der Waals surface area contributed by atoms with Crippen LogP contribution in [0.4, 0.5) is 0 Å². The van der Waals surface area contributed by atoms with Crippen LogP contribution in [-0.4, -0.2) is 38.1 Å². The second kappa shape index (κ2) is 9.21. The molecule has 1 aliphatic heterocycles. The minimum Gasteiger partial charge on any atom is -0.316 e. The lowest BCUT2D eigenvalue weighted by Gasteiger charge is -2.28. The molecule has 5 rings (SSSR count). The van der Waals surface area contributed by atoms with Crippen LogP contribution in [0.25, 0.3) is 38.3 Å². The fraction of sp³-hybridized carbons (Fsp3) is 0.296. The molecular formula is C27H25ClN6O. The van der Waals surface area contributed by atoms with E-state index in [0.717, 1.165) is 35.4 Å². The number of nitrogens with one attached hydrogen (secondary N) is 1. The SMILES string of the molecule is [C-]#[N+]C1(Cn2c(=O)c(-c3ccc(-c4cccc(C)n4)cc3Cl)cc3cnc(C)nc32)CCNCC1. The topological polar surface area (TPSA) is 77.1 Å². The van der Waals surface area contributed by atoms with Crippen LogP contribution < -0.4 is 10.9 Å². The summed E-state index contributed by atoms with van der Waals surface area (Å²) >= 11 is 6.74. The maximum atomic E-state index is 13.9. The van der Waals surface area contributed by atoms with Crippen molar-refractivity contribution in [1.29, 1.82) is 0 Å². The highest BCUT2D eigenvalue weighted by atomic mass is 35.5. The van der Waals surface area contributed by atoms with Crippen molar-refractivity contribution in [3.05, 3.63) is 87.0 Å². The zero-order valence-corrected chi connectivity index (χ0v) is 20.4. The van der Waals surface area contributed by atoms with Gasteiger partial charge in [-0.15, -0.1) is 0 Å². The first-order valence-corrected chi connectivity index (χ1v) is 12.0. The number of piperidine rings is 1. The Kier molecular flexibility index (Phi) is 6.10. The Morgan fingerprint density at radius 1 is 1.11 bits per heavy atom. The van der Waals surface area contributed by atoms with Crippen molar-refractivity contribution in [2.75, 3.05) is 13.1 Å². The Morgan fingerprint density at radius 2 is 1.91 bits per heavy atom. The highest BCUT2D eigenvalue weighted by molar-refractivity contribution is 6.33. The van der Waals surface area contributed by atoms with E-state index in [1.165, 1.54) is 0 Å². The van der Waals surface area contributed by atoms with Crippen LogP contribution in [0, 0.1) is 20.4 Å². The number of hydrogen-bond donors (Lipinski definition) is 1. The summed E-state index contributed by atoms with van der Waals surface area (Å²) in [5.74, 6) is 0.577. The molecule has 3 aromatic heterocycles. The average Bonchev–Trinajstić information content (AvgIpc) is 2.86. The van der Waals surface area contributed by atoms with Gasteiger partial charge in [0.05, 0.1) is 5.69 Å². The Morgan fingerprint density at radius 3 is 2.63 bits per heavy atom. The van der Waals surface area contributed by atoms with Gasteiger partial charge in [-0.1, -0.05) is 29.8 Å². The monoisotopic (exact) mass is 484 g/mol. The van der Waals surface area contributed by atoms with Gasteiger partial charge in [-0.05, 0) is 38.1 Å². The Bertz CT molecular complexity index is 1530. The summed E-state index contributed by atoms with van der Waals surface area (Å²) in [6.45, 7) is 13.4. The number of rotatable bonds is 4. The largest absolute Gasteiger partial charge is 0.316 e. The molecule has 1 fully saturated rings. The molecule has 1 N–H and O–H groups in total. The molecule has 4 aromatic rings. The highest BCUT2D eigenvalue weighted by Gasteiger charge is 2.39. The number of aromatic nitrogens is 4. The van der Waals surface area contributed by atoms with E-state index in [1.54, 1.807) is 23.8 Å². The van der Waals surface area contributed by atoms with E-state index in [4.69, 9.17) is 18.2 Å². The summed E-state index contributed by atoms with van der Waals surface area (Å²) in [6.07, 6.45) is 3.08. The van der Waals surface area contributed by atoms with E-state index in [9.17, 15) is 4.79 Å². The molecule has 1 aliphatic rings. The van der Waals surface area contributed by atoms with Gasteiger partial charge in [0.15, 0.2) is 0 Å². The Labute approximate surface area is 208 Å². The molecule has 0 atom stereocenters. The van der Waals surface area contributed by atoms with E-state index in [-0.39, 0.29) is 12.1 Å². The van der Waals surface area contributed by atoms with Crippen molar-refractivity contribution in [2.45, 2.75) is 38.8 Å². The molecule has 0 unspecified atom stereocenters. The van der Waals surface area contributed by atoms with Crippen LogP contribution in [0.2, 0.25) is 5.02 Å². The first-order valence-electron chi connectivity index (χ1n) is 11.6. The summed E-state index contributed by atoms with van der Waals surface area (Å²) in [5, 5.41) is 4.51. The van der Waals surface area contributed by atoms with Gasteiger partial charge in [0.25, 0.3) is 11.1 Å². The number of hydrogen-bond acceptors (Lipinski definition) is 5. The van der Waals surface area contributed by atoms with Crippen LogP contribution in [0.1, 0.15) is 24.4 Å². The minimum atomic E-state index is -0.649. The number of fused-ring (bicyclic) bond motifs is 1. The average molecular weight is 485 g/mol. The zero-order chi connectivity index (χ0) is 24.6. The molecule has 1 aromatic carbocycles. The Balaban J connectivity index is 1.66. The van der Waals surface area contributed by atoms with Crippen molar-refractivity contribution in [2.24, 2.45) is 0 Å². The second-order valence-electron chi connectivity index (χ2n) is 9.09. The predicted molar refractivity (Wildman–Crippen MR) is 138 cm³/mol. The van der Waals surface area contributed by atoms with Gasteiger partial charge >= 0.3 is 0 Å². The van der Waals surface area contributed by atoms with Crippen molar-refractivity contribution >= 4 is 22.6 Å². The van der Waals surface area contributed by atoms with Crippen LogP contribution >= 0.6 is 11.6 Å². The summed E-state index contributed by atoms with van der Waals surface area (Å²) in [4.78, 5) is 31.4. The zero-order valence-electron chi connectivity index (χ0n) is 19.7. The number of benzene rings is 1. The second-order valence-corrected chi connectivity index (χ2v) is 9.50. The summed E-state index contributed by atoms with van der Waals surface area (Å²) < 4.78 is 1.65. The van der Waals surface area contributed by atoms with Crippen LogP contribution in [0.5, 0.6) is 0 Å². The summed E-state index contributed by atoms with van der Waals surface area (Å²) in [7, 11) is 0. The molecule has 1 saturated heterocycles. The van der Waals surface area contributed by atoms with Gasteiger partial charge in [0.1, 0.15) is 18.0 Å². The summed E-state index contributed by atoms with van der Waals surface area (Å²) in [5.41, 5.74) is 3.41. The van der Waals surface area contributed by atoms with E-state index in [1.807, 2.05) is 43.3 Å². The standard InChI is InChI=1S/C27H25ClN6O/c1-17-5-4-6-24(32-17)19-7-8-21(23(28)14-19)22-13-20-15-31-18(2)33-25(20)34(26(22)35)16-27(29-3)9-11-30-12-10-27/h4-8,13-15,30H,9-12,16H2,1-2H3. The maximum Gasteiger partial charge on any atom is 0.260 e. The molecule has 35 heavy (non-hydrogen) atoms. The summed E-state index contributed by atoms with van der Waals surface area (Å²) in [6, 6.07) is 13.3. The van der Waals surface area contributed by atoms with Gasteiger partial charge in [-0.25, -0.2) is 16.5 Å². The van der Waals surface area contributed by atoms with Gasteiger partial charge < -0.3 is 10.2 Å². The van der Waals surface area contributed by atoms with Crippen LogP contribution in [-0.2, 0) is 6.54 Å². The molecule has 0 saturated carbocycles. The molecule has 0 bridgehead atoms. The molecule has 0 aliphatic carbocycles. The molecule has 176 valence electrons. The highest BCUT2D eigenvalue weighted by Crippen LogP contribution is 2.32. The van der Waals surface area contributed by atoms with Crippen molar-refractivity contribution in [3.8, 4) is 22.4 Å². The van der Waals surface area contributed by atoms with Crippen molar-refractivity contribution in [3.63, 3.8) is 0 Å². The maximum absolute atomic E-state index is 13.9. The smallest absolute Gasteiger partial charge is 0.260 e. The molecule has 8 heteroatoms. The number of nitrogens with zero attached hydrogens (tertiary/aromatic N) is 5. The van der Waals surface area contributed by atoms with Gasteiger partial charge in [-0.2, -0.15) is 0 Å². The molecule has 0 radical (unpaired) electrons. The fourth-order valence-corrected chi connectivity index (χ4v) is 4.95. The third-order valence-electron chi connectivity index (χ3n) is 6.61. The van der Waals surface area contributed by atoms with Crippen molar-refractivity contribution < 1.29 is 0 Å². The van der Waals surface area contributed by atoms with E-state index in [0.29, 0.717) is 40.5 Å². The van der Waals surface area contributed by atoms with Gasteiger partial charge in [0.2, 0.25) is 0 Å². The lowest BCUT2D eigenvalue weighted by Crippen LogP contribution is -2.44. The van der Waals surface area contributed by atoms with Crippen LogP contribution in [0.3, 0.4) is 0 Å². The molecular weight excluding hydrogens is 460 g/mol. The lowest BCUT2D eigenvalue weighted by atomic mass is 9.89. The number of halogens is 1. The first-order chi connectivity index (χ1) is 16.9. The molecule has 7 nitrogen and oxygen atoms in total. The quantitative estimate of drug-likeness (QED) is 0.420. The van der Waals surface area contributed by atoms with Gasteiger partial charge in [-0.3, -0.25) is 14.3 Å². The third-order valence-corrected chi connectivity index (χ3v) is 6.93. The first kappa shape index (κ1) is 23.2. The molecule has 4 heterocycles.